The molecule has 3 fully saturated rings. The molecular weight excluding hydrogens is 280 g/mol. The maximum atomic E-state index is 12.7. The fraction of sp³-hybridized carbons (Fsp3) is 0.765. The van der Waals surface area contributed by atoms with E-state index >= 15 is 0 Å². The van der Waals surface area contributed by atoms with Gasteiger partial charge in [-0.1, -0.05) is 12.8 Å². The van der Waals surface area contributed by atoms with Crippen LogP contribution >= 0.6 is 11.3 Å². The number of piperidine rings is 1. The molecule has 0 N–H and O–H groups in total. The van der Waals surface area contributed by atoms with Gasteiger partial charge in [0.2, 0.25) is 5.91 Å². The SMILES string of the molecule is Cc1csc(C2CCN(C(=O)C3[C@@H]4CCCC[C@@H]34)CC2)n1. The molecule has 2 atom stereocenters. The maximum absolute atomic E-state index is 12.7. The zero-order valence-corrected chi connectivity index (χ0v) is 13.6. The van der Waals surface area contributed by atoms with E-state index in [0.717, 1.165) is 43.5 Å². The highest BCUT2D eigenvalue weighted by atomic mass is 32.1. The smallest absolute Gasteiger partial charge is 0.226 e. The zero-order chi connectivity index (χ0) is 14.4. The van der Waals surface area contributed by atoms with E-state index in [4.69, 9.17) is 0 Å². The monoisotopic (exact) mass is 304 g/mol. The summed E-state index contributed by atoms with van der Waals surface area (Å²) in [6.45, 7) is 3.95. The Morgan fingerprint density at radius 3 is 2.43 bits per heavy atom. The van der Waals surface area contributed by atoms with Crippen molar-refractivity contribution in [2.24, 2.45) is 17.8 Å². The van der Waals surface area contributed by atoms with Crippen molar-refractivity contribution < 1.29 is 4.79 Å². The number of thiazole rings is 1. The minimum Gasteiger partial charge on any atom is -0.342 e. The van der Waals surface area contributed by atoms with Crippen LogP contribution in [0.3, 0.4) is 0 Å². The molecule has 1 amide bonds. The van der Waals surface area contributed by atoms with Crippen LogP contribution in [0.15, 0.2) is 5.38 Å². The third kappa shape index (κ3) is 2.52. The molecule has 4 rings (SSSR count). The first-order valence-electron chi connectivity index (χ1n) is 8.45. The number of hydrogen-bond donors (Lipinski definition) is 0. The van der Waals surface area contributed by atoms with Crippen LogP contribution < -0.4 is 0 Å². The summed E-state index contributed by atoms with van der Waals surface area (Å²) in [4.78, 5) is 19.5. The summed E-state index contributed by atoms with van der Waals surface area (Å²) in [6, 6.07) is 0. The summed E-state index contributed by atoms with van der Waals surface area (Å²) in [6.07, 6.45) is 7.49. The van der Waals surface area contributed by atoms with Crippen LogP contribution in [0, 0.1) is 24.7 Å². The predicted molar refractivity (Wildman–Crippen MR) is 84.3 cm³/mol. The van der Waals surface area contributed by atoms with E-state index in [-0.39, 0.29) is 0 Å². The number of nitrogens with zero attached hydrogens (tertiary/aromatic N) is 2. The summed E-state index contributed by atoms with van der Waals surface area (Å²) < 4.78 is 0. The van der Waals surface area contributed by atoms with Crippen molar-refractivity contribution in [1.82, 2.24) is 9.88 Å². The molecule has 4 heteroatoms. The van der Waals surface area contributed by atoms with Gasteiger partial charge in [0.25, 0.3) is 0 Å². The van der Waals surface area contributed by atoms with Crippen molar-refractivity contribution in [2.45, 2.75) is 51.4 Å². The maximum Gasteiger partial charge on any atom is 0.226 e. The molecule has 3 aliphatic rings. The first kappa shape index (κ1) is 13.7. The van der Waals surface area contributed by atoms with E-state index in [0.29, 0.717) is 17.7 Å². The van der Waals surface area contributed by atoms with Gasteiger partial charge in [0.05, 0.1) is 5.01 Å². The normalized spacial score (nSPS) is 32.8. The summed E-state index contributed by atoms with van der Waals surface area (Å²) in [7, 11) is 0. The lowest BCUT2D eigenvalue weighted by atomic mass is 9.97. The van der Waals surface area contributed by atoms with Gasteiger partial charge in [-0.2, -0.15) is 0 Å². The predicted octanol–water partition coefficient (Wildman–Crippen LogP) is 3.59. The molecule has 1 aromatic rings. The highest BCUT2D eigenvalue weighted by Crippen LogP contribution is 2.56. The molecule has 0 radical (unpaired) electrons. The van der Waals surface area contributed by atoms with Crippen LogP contribution in [0.2, 0.25) is 0 Å². The van der Waals surface area contributed by atoms with Crippen molar-refractivity contribution in [3.05, 3.63) is 16.1 Å². The lowest BCUT2D eigenvalue weighted by Crippen LogP contribution is -2.39. The van der Waals surface area contributed by atoms with E-state index in [1.807, 2.05) is 0 Å². The molecular formula is C17H24N2OS. The van der Waals surface area contributed by atoms with E-state index in [9.17, 15) is 4.79 Å². The zero-order valence-electron chi connectivity index (χ0n) is 12.8. The lowest BCUT2D eigenvalue weighted by Gasteiger charge is -2.31. The summed E-state index contributed by atoms with van der Waals surface area (Å²) >= 11 is 1.79. The van der Waals surface area contributed by atoms with Gasteiger partial charge in [0.15, 0.2) is 0 Å². The Morgan fingerprint density at radius 2 is 1.86 bits per heavy atom. The second-order valence-corrected chi connectivity index (χ2v) is 7.95. The Balaban J connectivity index is 1.34. The molecule has 2 heterocycles. The Labute approximate surface area is 130 Å². The second-order valence-electron chi connectivity index (χ2n) is 7.06. The average Bonchev–Trinajstić information content (AvgIpc) is 3.10. The van der Waals surface area contributed by atoms with Gasteiger partial charge in [-0.15, -0.1) is 11.3 Å². The van der Waals surface area contributed by atoms with Crippen LogP contribution in [0.5, 0.6) is 0 Å². The first-order valence-corrected chi connectivity index (χ1v) is 9.33. The molecule has 0 bridgehead atoms. The molecule has 2 aliphatic carbocycles. The van der Waals surface area contributed by atoms with Gasteiger partial charge in [-0.05, 0) is 44.4 Å². The minimum absolute atomic E-state index is 0.395. The fourth-order valence-corrected chi connectivity index (χ4v) is 5.44. The largest absolute Gasteiger partial charge is 0.342 e. The number of aryl methyl sites for hydroxylation is 1. The van der Waals surface area contributed by atoms with Crippen molar-refractivity contribution in [1.29, 1.82) is 0 Å². The fourth-order valence-electron chi connectivity index (χ4n) is 4.48. The Hall–Kier alpha value is -0.900. The molecule has 1 aromatic heterocycles. The van der Waals surface area contributed by atoms with Gasteiger partial charge in [0.1, 0.15) is 0 Å². The van der Waals surface area contributed by atoms with Crippen molar-refractivity contribution in [3.8, 4) is 0 Å². The number of amides is 1. The van der Waals surface area contributed by atoms with Gasteiger partial charge in [-0.3, -0.25) is 4.79 Å². The molecule has 1 aliphatic heterocycles. The van der Waals surface area contributed by atoms with Crippen LogP contribution in [0.4, 0.5) is 0 Å². The Kier molecular flexibility index (Phi) is 3.52. The van der Waals surface area contributed by atoms with E-state index < -0.39 is 0 Å². The number of carbonyl (C=O) groups is 1. The van der Waals surface area contributed by atoms with E-state index in [2.05, 4.69) is 22.2 Å². The molecule has 21 heavy (non-hydrogen) atoms. The van der Waals surface area contributed by atoms with E-state index in [1.54, 1.807) is 11.3 Å². The van der Waals surface area contributed by atoms with Crippen LogP contribution in [0.25, 0.3) is 0 Å². The number of likely N-dealkylation sites (tertiary alicyclic amines) is 1. The Bertz CT molecular complexity index is 521. The summed E-state index contributed by atoms with van der Waals surface area (Å²) in [5.74, 6) is 2.93. The number of rotatable bonds is 2. The van der Waals surface area contributed by atoms with E-state index in [1.165, 1.54) is 30.7 Å². The summed E-state index contributed by atoms with van der Waals surface area (Å²) in [5.41, 5.74) is 1.13. The highest BCUT2D eigenvalue weighted by molar-refractivity contribution is 7.09. The van der Waals surface area contributed by atoms with Gasteiger partial charge in [-0.25, -0.2) is 4.98 Å². The van der Waals surface area contributed by atoms with Crippen molar-refractivity contribution >= 4 is 17.2 Å². The molecule has 114 valence electrons. The first-order chi connectivity index (χ1) is 10.2. The molecule has 0 aromatic carbocycles. The second kappa shape index (κ2) is 5.38. The molecule has 3 nitrogen and oxygen atoms in total. The van der Waals surface area contributed by atoms with Gasteiger partial charge < -0.3 is 4.90 Å². The molecule has 0 spiro atoms. The van der Waals surface area contributed by atoms with Crippen LogP contribution in [-0.4, -0.2) is 28.9 Å². The molecule has 2 saturated carbocycles. The van der Waals surface area contributed by atoms with Crippen molar-refractivity contribution in [3.63, 3.8) is 0 Å². The minimum atomic E-state index is 0.395. The van der Waals surface area contributed by atoms with Crippen LogP contribution in [-0.2, 0) is 4.79 Å². The molecule has 0 unspecified atom stereocenters. The third-order valence-corrected chi connectivity index (χ3v) is 6.86. The number of aromatic nitrogens is 1. The Morgan fingerprint density at radius 1 is 1.19 bits per heavy atom. The number of carbonyl (C=O) groups excluding carboxylic acids is 1. The van der Waals surface area contributed by atoms with Gasteiger partial charge >= 0.3 is 0 Å². The van der Waals surface area contributed by atoms with Crippen LogP contribution in [0.1, 0.15) is 55.1 Å². The third-order valence-electron chi connectivity index (χ3n) is 5.73. The highest BCUT2D eigenvalue weighted by Gasteiger charge is 2.55. The standard InChI is InChI=1S/C17H24N2OS/c1-11-10-21-16(18-11)12-6-8-19(9-7-12)17(20)15-13-4-2-3-5-14(13)15/h10,12-15H,2-9H2,1H3/t13-,14-/m1/s1. The summed E-state index contributed by atoms with van der Waals surface area (Å²) in [5, 5.41) is 3.42. The van der Waals surface area contributed by atoms with Gasteiger partial charge in [0, 0.05) is 36.0 Å². The average molecular weight is 304 g/mol. The number of fused-ring (bicyclic) bond motifs is 1. The quantitative estimate of drug-likeness (QED) is 0.836. The topological polar surface area (TPSA) is 33.2 Å². The molecule has 1 saturated heterocycles. The number of hydrogen-bond acceptors (Lipinski definition) is 3. The van der Waals surface area contributed by atoms with Crippen molar-refractivity contribution in [2.75, 3.05) is 13.1 Å². The lowest BCUT2D eigenvalue weighted by molar-refractivity contribution is -0.134.